The van der Waals surface area contributed by atoms with E-state index in [2.05, 4.69) is 60.5 Å². The van der Waals surface area contributed by atoms with Crippen molar-refractivity contribution in [3.63, 3.8) is 0 Å². The summed E-state index contributed by atoms with van der Waals surface area (Å²) in [5, 5.41) is 0. The normalized spacial score (nSPS) is 10.1. The number of carbonyl (C=O) groups excluding carboxylic acids is 8. The molecule has 0 saturated heterocycles. The van der Waals surface area contributed by atoms with Gasteiger partial charge in [0.15, 0.2) is 23.0 Å². The molecule has 0 bridgehead atoms. The van der Waals surface area contributed by atoms with E-state index < -0.39 is 47.8 Å². The van der Waals surface area contributed by atoms with Crippen LogP contribution in [-0.2, 0) is 76.3 Å². The van der Waals surface area contributed by atoms with Gasteiger partial charge in [0.1, 0.15) is 33.8 Å². The average molecular weight is 1360 g/mol. The molecular formula is C75H102O22. The average Bonchev–Trinajstić information content (AvgIpc) is 0.879. The minimum absolute atomic E-state index is 0.118. The van der Waals surface area contributed by atoms with Crippen LogP contribution in [0.4, 0.5) is 0 Å². The van der Waals surface area contributed by atoms with Crippen molar-refractivity contribution in [2.45, 2.75) is 128 Å². The lowest BCUT2D eigenvalue weighted by molar-refractivity contribution is -0.148. The fraction of sp³-hybridized carbons (Fsp3) is 0.467. The molecule has 0 aliphatic carbocycles. The Kier molecular flexibility index (Phi) is 43.9. The van der Waals surface area contributed by atoms with Crippen LogP contribution in [-0.4, -0.2) is 143 Å². The maximum Gasteiger partial charge on any atom is 0.345 e. The van der Waals surface area contributed by atoms with Gasteiger partial charge in [-0.05, 0) is 173 Å². The van der Waals surface area contributed by atoms with Crippen LogP contribution in [0.1, 0.15) is 148 Å². The van der Waals surface area contributed by atoms with Crippen molar-refractivity contribution in [2.24, 2.45) is 11.8 Å². The topological polar surface area (TPSA) is 266 Å². The van der Waals surface area contributed by atoms with Crippen LogP contribution in [0.2, 0.25) is 0 Å². The van der Waals surface area contributed by atoms with E-state index in [1.807, 2.05) is 13.0 Å². The number of hydrogen-bond donors (Lipinski definition) is 0. The first kappa shape index (κ1) is 85.4. The highest BCUT2D eigenvalue weighted by molar-refractivity contribution is 6.19. The zero-order chi connectivity index (χ0) is 72.7. The first-order chi connectivity index (χ1) is 46.5. The van der Waals surface area contributed by atoms with Crippen LogP contribution in [0.25, 0.3) is 24.3 Å². The van der Waals surface area contributed by atoms with Crippen molar-refractivity contribution < 1.29 is 105 Å². The third-order valence-electron chi connectivity index (χ3n) is 13.2. The lowest BCUT2D eigenvalue weighted by Crippen LogP contribution is -2.18. The van der Waals surface area contributed by atoms with Gasteiger partial charge in [0.2, 0.25) is 0 Å². The van der Waals surface area contributed by atoms with Gasteiger partial charge >= 0.3 is 47.8 Å². The number of aryl methyl sites for hydroxylation is 1. The van der Waals surface area contributed by atoms with Gasteiger partial charge in [-0.25, -0.2) is 38.4 Å². The molecule has 0 saturated carbocycles. The molecule has 0 N–H and O–H groups in total. The van der Waals surface area contributed by atoms with Crippen LogP contribution < -0.4 is 28.4 Å². The van der Waals surface area contributed by atoms with Gasteiger partial charge < -0.3 is 66.3 Å². The Morgan fingerprint density at radius 3 is 1.08 bits per heavy atom. The number of carbonyl (C=O) groups is 8. The van der Waals surface area contributed by atoms with Crippen molar-refractivity contribution >= 4 is 72.1 Å². The highest BCUT2D eigenvalue weighted by Gasteiger charge is 2.24. The largest absolute Gasteiger partial charge is 0.494 e. The zero-order valence-corrected chi connectivity index (χ0v) is 59.8. The zero-order valence-electron chi connectivity index (χ0n) is 59.8. The van der Waals surface area contributed by atoms with Gasteiger partial charge in [-0.2, -0.15) is 0 Å². The predicted octanol–water partition coefficient (Wildman–Crippen LogP) is 13.5. The molecule has 0 radical (unpaired) electrons. The van der Waals surface area contributed by atoms with Gasteiger partial charge in [-0.3, -0.25) is 0 Å². The van der Waals surface area contributed by atoms with Crippen LogP contribution >= 0.6 is 0 Å². The molecule has 0 fully saturated rings. The summed E-state index contributed by atoms with van der Waals surface area (Å²) in [6.07, 6.45) is 14.2. The third kappa shape index (κ3) is 33.6. The molecule has 0 atom stereocenters. The van der Waals surface area contributed by atoms with Crippen molar-refractivity contribution in [3.05, 3.63) is 129 Å². The summed E-state index contributed by atoms with van der Waals surface area (Å²) in [5.74, 6) is -0.831. The van der Waals surface area contributed by atoms with Gasteiger partial charge in [0, 0.05) is 0 Å². The molecule has 22 heteroatoms. The molecule has 4 aromatic carbocycles. The van der Waals surface area contributed by atoms with Crippen LogP contribution in [0.3, 0.4) is 0 Å². The summed E-state index contributed by atoms with van der Waals surface area (Å²) in [7, 11) is 7.92. The maximum absolute atomic E-state index is 12.1. The van der Waals surface area contributed by atoms with Crippen LogP contribution in [0.5, 0.6) is 34.5 Å². The first-order valence-electron chi connectivity index (χ1n) is 32.5. The Bertz CT molecular complexity index is 3110. The molecule has 534 valence electrons. The quantitative estimate of drug-likeness (QED) is 0.0102. The summed E-state index contributed by atoms with van der Waals surface area (Å²) in [4.78, 5) is 94.6. The lowest BCUT2D eigenvalue weighted by Gasteiger charge is -2.15. The standard InChI is InChI=1S/C21H30O6.C19H26O6.C19H26O5.C16H20O5/c1-7-25-20(22)17(21(23)26-8-2)12-16-11-15(5)19(18(13-16)24-6)27-10-9-14(3)4;1-5-6-7-8-11-25-16-10-9-14(13-17(16)22-2)12-15(18(20)23-3)19(21)24-4;1-5-22-18(20)17(19(21)23-6-2)13-15-7-9-16(10-8-15)24-12-11-14(3)4;1-4-5-10-21-13-8-6-12(7-9-13)11-14(15(17)19-2)16(18)20-3/h11-14H,7-10H2,1-6H3;9-10,12-13H,5-8,11H2,1-4H3;7-10,13-14H,5-6,11-12H2,1-4H3;6-9,11H,4-5,10H2,1-3H3. The number of methoxy groups -OCH3 is 6. The van der Waals surface area contributed by atoms with Gasteiger partial charge in [-0.15, -0.1) is 0 Å². The number of benzene rings is 4. The molecule has 0 spiro atoms. The summed E-state index contributed by atoms with van der Waals surface area (Å²) in [6.45, 7) is 24.7. The third-order valence-corrected chi connectivity index (χ3v) is 13.2. The molecule has 4 rings (SSSR count). The molecule has 0 heterocycles. The molecule has 0 aliphatic heterocycles. The fourth-order valence-corrected chi connectivity index (χ4v) is 8.00. The number of ether oxygens (including phenoxy) is 14. The molecule has 97 heavy (non-hydrogen) atoms. The smallest absolute Gasteiger partial charge is 0.345 e. The monoisotopic (exact) mass is 1350 g/mol. The van der Waals surface area contributed by atoms with E-state index in [1.54, 1.807) is 108 Å². The molecule has 0 aliphatic rings. The van der Waals surface area contributed by atoms with E-state index in [-0.39, 0.29) is 48.7 Å². The number of esters is 8. The first-order valence-corrected chi connectivity index (χ1v) is 32.5. The van der Waals surface area contributed by atoms with Gasteiger partial charge in [-0.1, -0.05) is 97.6 Å². The van der Waals surface area contributed by atoms with Crippen LogP contribution in [0.15, 0.2) is 101 Å². The van der Waals surface area contributed by atoms with E-state index in [0.717, 1.165) is 55.6 Å². The van der Waals surface area contributed by atoms with Gasteiger partial charge in [0.05, 0.1) is 95.5 Å². The van der Waals surface area contributed by atoms with E-state index in [1.165, 1.54) is 72.7 Å². The Morgan fingerprint density at radius 2 is 0.701 bits per heavy atom. The number of rotatable bonds is 36. The van der Waals surface area contributed by atoms with E-state index >= 15 is 0 Å². The lowest BCUT2D eigenvalue weighted by atomic mass is 10.1. The Labute approximate surface area is 572 Å². The second-order valence-corrected chi connectivity index (χ2v) is 21.7. The highest BCUT2D eigenvalue weighted by Crippen LogP contribution is 2.34. The summed E-state index contributed by atoms with van der Waals surface area (Å²) < 4.78 is 71.7. The Balaban J connectivity index is 0.000000649. The Morgan fingerprint density at radius 1 is 0.351 bits per heavy atom. The second-order valence-electron chi connectivity index (χ2n) is 21.7. The SMILES string of the molecule is CCCCCCOc1ccc(C=C(C(=O)OC)C(=O)OC)cc1OC.CCCCOc1ccc(C=C(C(=O)OC)C(=O)OC)cc1.CCOC(=O)C(=Cc1cc(C)c(OCCC(C)C)c(OC)c1)C(=O)OCC.CCOC(=O)C(=Cc1ccc(OCCC(C)C)cc1)C(=O)OCC. The Hall–Kier alpha value is -9.60. The van der Waals surface area contributed by atoms with Crippen molar-refractivity contribution in [1.29, 1.82) is 0 Å². The molecular weight excluding hydrogens is 1250 g/mol. The van der Waals surface area contributed by atoms with E-state index in [9.17, 15) is 38.4 Å². The van der Waals surface area contributed by atoms with Crippen molar-refractivity contribution in [3.8, 4) is 34.5 Å². The molecule has 22 nitrogen and oxygen atoms in total. The van der Waals surface area contributed by atoms with Gasteiger partial charge in [0.25, 0.3) is 0 Å². The van der Waals surface area contributed by atoms with E-state index in [4.69, 9.17) is 47.4 Å². The summed E-state index contributed by atoms with van der Waals surface area (Å²) >= 11 is 0. The molecule has 0 unspecified atom stereocenters. The number of unbranched alkanes of at least 4 members (excludes halogenated alkanes) is 4. The minimum Gasteiger partial charge on any atom is -0.494 e. The fourth-order valence-electron chi connectivity index (χ4n) is 8.00. The molecule has 4 aromatic rings. The maximum atomic E-state index is 12.1. The predicted molar refractivity (Wildman–Crippen MR) is 370 cm³/mol. The highest BCUT2D eigenvalue weighted by atomic mass is 16.6. The van der Waals surface area contributed by atoms with Crippen molar-refractivity contribution in [2.75, 3.05) is 95.5 Å². The molecule has 0 aromatic heterocycles. The second kappa shape index (κ2) is 49.9. The van der Waals surface area contributed by atoms with E-state index in [0.29, 0.717) is 83.5 Å². The number of hydrogen-bond acceptors (Lipinski definition) is 22. The van der Waals surface area contributed by atoms with Crippen molar-refractivity contribution in [1.82, 2.24) is 0 Å². The van der Waals surface area contributed by atoms with Crippen LogP contribution in [0, 0.1) is 18.8 Å². The summed E-state index contributed by atoms with van der Waals surface area (Å²) in [6, 6.07) is 23.0. The minimum atomic E-state index is -0.762. The molecule has 0 amide bonds. The summed E-state index contributed by atoms with van der Waals surface area (Å²) in [5.41, 5.74) is 2.82.